The standard InChI is InChI=1S/C27H24Br2N2O5S/c1-18-24-16-22(8-11-25(24)36-26(18)27(32)30-12-14-35-15-13-30)31(17-19-2-4-20(28)5-3-19)37(33,34)23-9-6-21(29)7-10-23/h2-11,16H,12-15,17H2,1H3. The summed E-state index contributed by atoms with van der Waals surface area (Å²) in [6.45, 7) is 3.96. The van der Waals surface area contributed by atoms with Crippen LogP contribution < -0.4 is 4.31 Å². The molecule has 0 spiro atoms. The van der Waals surface area contributed by atoms with Crippen LogP contribution in [0, 0.1) is 6.92 Å². The van der Waals surface area contributed by atoms with E-state index >= 15 is 0 Å². The molecule has 2 heterocycles. The van der Waals surface area contributed by atoms with Crippen molar-refractivity contribution in [2.45, 2.75) is 18.4 Å². The van der Waals surface area contributed by atoms with Crippen LogP contribution in [0.25, 0.3) is 11.0 Å². The molecular formula is C27H24Br2N2O5S. The molecule has 4 aromatic rings. The predicted molar refractivity (Wildman–Crippen MR) is 149 cm³/mol. The lowest BCUT2D eigenvalue weighted by molar-refractivity contribution is 0.0283. The lowest BCUT2D eigenvalue weighted by atomic mass is 10.1. The molecule has 37 heavy (non-hydrogen) atoms. The van der Waals surface area contributed by atoms with Gasteiger partial charge in [-0.15, -0.1) is 0 Å². The van der Waals surface area contributed by atoms with Crippen molar-refractivity contribution in [1.29, 1.82) is 0 Å². The number of fused-ring (bicyclic) bond motifs is 1. The van der Waals surface area contributed by atoms with E-state index in [1.54, 1.807) is 47.4 Å². The van der Waals surface area contributed by atoms with Crippen LogP contribution >= 0.6 is 31.9 Å². The second-order valence-electron chi connectivity index (χ2n) is 8.73. The van der Waals surface area contributed by atoms with E-state index in [4.69, 9.17) is 9.15 Å². The highest BCUT2D eigenvalue weighted by molar-refractivity contribution is 9.10. The van der Waals surface area contributed by atoms with E-state index in [1.165, 1.54) is 4.31 Å². The number of anilines is 1. The number of halogens is 2. The molecule has 0 unspecified atom stereocenters. The van der Waals surface area contributed by atoms with Crippen molar-refractivity contribution in [2.24, 2.45) is 0 Å². The fourth-order valence-corrected chi connectivity index (χ4v) is 6.26. The molecule has 3 aromatic carbocycles. The molecule has 0 atom stereocenters. The number of furan rings is 1. The zero-order valence-electron chi connectivity index (χ0n) is 20.0. The molecule has 0 radical (unpaired) electrons. The van der Waals surface area contributed by atoms with E-state index in [-0.39, 0.29) is 23.1 Å². The highest BCUT2D eigenvalue weighted by Gasteiger charge is 2.28. The molecule has 0 N–H and O–H groups in total. The van der Waals surface area contributed by atoms with Gasteiger partial charge in [-0.2, -0.15) is 0 Å². The van der Waals surface area contributed by atoms with Crippen LogP contribution in [0.5, 0.6) is 0 Å². The van der Waals surface area contributed by atoms with Gasteiger partial charge in [0, 0.05) is 33.0 Å². The first kappa shape index (κ1) is 26.0. The van der Waals surface area contributed by atoms with E-state index in [9.17, 15) is 13.2 Å². The van der Waals surface area contributed by atoms with E-state index in [2.05, 4.69) is 31.9 Å². The average Bonchev–Trinajstić information content (AvgIpc) is 3.24. The zero-order chi connectivity index (χ0) is 26.2. The van der Waals surface area contributed by atoms with Crippen molar-refractivity contribution in [2.75, 3.05) is 30.6 Å². The normalized spacial score (nSPS) is 14.2. The Morgan fingerprint density at radius 2 is 1.57 bits per heavy atom. The number of nitrogens with zero attached hydrogens (tertiary/aromatic N) is 2. The number of ether oxygens (including phenoxy) is 1. The fraction of sp³-hybridized carbons (Fsp3) is 0.222. The molecule has 10 heteroatoms. The molecular weight excluding hydrogens is 624 g/mol. The average molecular weight is 648 g/mol. The number of benzene rings is 3. The maximum absolute atomic E-state index is 13.9. The van der Waals surface area contributed by atoms with Crippen LogP contribution in [0.15, 0.2) is 85.0 Å². The van der Waals surface area contributed by atoms with Crippen LogP contribution in [0.1, 0.15) is 21.7 Å². The lowest BCUT2D eigenvalue weighted by Gasteiger charge is -2.26. The third kappa shape index (κ3) is 5.34. The Labute approximate surface area is 232 Å². The van der Waals surface area contributed by atoms with Gasteiger partial charge in [-0.1, -0.05) is 44.0 Å². The van der Waals surface area contributed by atoms with Gasteiger partial charge >= 0.3 is 0 Å². The number of hydrogen-bond donors (Lipinski definition) is 0. The third-order valence-electron chi connectivity index (χ3n) is 6.34. The van der Waals surface area contributed by atoms with Gasteiger partial charge in [0.2, 0.25) is 0 Å². The molecule has 0 bridgehead atoms. The summed E-state index contributed by atoms with van der Waals surface area (Å²) in [5.74, 6) is 0.0806. The van der Waals surface area contributed by atoms with Gasteiger partial charge in [-0.3, -0.25) is 9.10 Å². The predicted octanol–water partition coefficient (Wildman–Crippen LogP) is 6.13. The lowest BCUT2D eigenvalue weighted by Crippen LogP contribution is -2.40. The van der Waals surface area contributed by atoms with Gasteiger partial charge in [0.1, 0.15) is 5.58 Å². The van der Waals surface area contributed by atoms with Crippen LogP contribution in [0.3, 0.4) is 0 Å². The minimum atomic E-state index is -3.91. The maximum Gasteiger partial charge on any atom is 0.290 e. The molecule has 1 aliphatic heterocycles. The van der Waals surface area contributed by atoms with Gasteiger partial charge < -0.3 is 14.1 Å². The Morgan fingerprint density at radius 3 is 2.22 bits per heavy atom. The van der Waals surface area contributed by atoms with Crippen molar-refractivity contribution in [3.8, 4) is 0 Å². The monoisotopic (exact) mass is 646 g/mol. The van der Waals surface area contributed by atoms with Crippen molar-refractivity contribution in [1.82, 2.24) is 4.90 Å². The van der Waals surface area contributed by atoms with E-state index in [0.29, 0.717) is 48.5 Å². The van der Waals surface area contributed by atoms with Crippen molar-refractivity contribution in [3.63, 3.8) is 0 Å². The molecule has 0 saturated carbocycles. The Hall–Kier alpha value is -2.66. The quantitative estimate of drug-likeness (QED) is 0.251. The molecule has 1 aromatic heterocycles. The van der Waals surface area contributed by atoms with Crippen LogP contribution in [0.2, 0.25) is 0 Å². The minimum absolute atomic E-state index is 0.133. The van der Waals surface area contributed by atoms with E-state index in [1.807, 2.05) is 31.2 Å². The number of rotatable bonds is 6. The van der Waals surface area contributed by atoms with Gasteiger partial charge in [0.25, 0.3) is 15.9 Å². The fourth-order valence-electron chi connectivity index (χ4n) is 4.28. The summed E-state index contributed by atoms with van der Waals surface area (Å²) in [7, 11) is -3.91. The maximum atomic E-state index is 13.9. The summed E-state index contributed by atoms with van der Waals surface area (Å²) in [4.78, 5) is 15.0. The first-order chi connectivity index (χ1) is 17.7. The van der Waals surface area contributed by atoms with Gasteiger partial charge in [-0.25, -0.2) is 8.42 Å². The molecule has 1 fully saturated rings. The molecule has 7 nitrogen and oxygen atoms in total. The van der Waals surface area contributed by atoms with Crippen LogP contribution in [0.4, 0.5) is 5.69 Å². The van der Waals surface area contributed by atoms with Crippen molar-refractivity contribution < 1.29 is 22.4 Å². The first-order valence-electron chi connectivity index (χ1n) is 11.7. The van der Waals surface area contributed by atoms with Crippen LogP contribution in [-0.2, 0) is 21.3 Å². The summed E-state index contributed by atoms with van der Waals surface area (Å²) >= 11 is 6.80. The Kier molecular flexibility index (Phi) is 7.44. The number of morpholine rings is 1. The third-order valence-corrected chi connectivity index (χ3v) is 9.19. The summed E-state index contributed by atoms with van der Waals surface area (Å²) in [6, 6.07) is 19.3. The van der Waals surface area contributed by atoms with Crippen LogP contribution in [-0.4, -0.2) is 45.5 Å². The zero-order valence-corrected chi connectivity index (χ0v) is 24.0. The van der Waals surface area contributed by atoms with Crippen molar-refractivity contribution in [3.05, 3.63) is 92.6 Å². The molecule has 192 valence electrons. The van der Waals surface area contributed by atoms with Gasteiger partial charge in [-0.05, 0) is 67.1 Å². The van der Waals surface area contributed by atoms with E-state index < -0.39 is 10.0 Å². The number of carbonyl (C=O) groups excluding carboxylic acids is 1. The van der Waals surface area contributed by atoms with Gasteiger partial charge in [0.05, 0.1) is 30.3 Å². The van der Waals surface area contributed by atoms with Crippen molar-refractivity contribution >= 4 is 64.4 Å². The Balaban J connectivity index is 1.57. The SMILES string of the molecule is Cc1c(C(=O)N2CCOCC2)oc2ccc(N(Cc3ccc(Br)cc3)S(=O)(=O)c3ccc(Br)cc3)cc12. The number of sulfonamides is 1. The summed E-state index contributed by atoms with van der Waals surface area (Å²) in [5, 5.41) is 0.695. The summed E-state index contributed by atoms with van der Waals surface area (Å²) < 4.78 is 42.1. The number of aryl methyl sites for hydroxylation is 1. The second kappa shape index (κ2) is 10.6. The number of carbonyl (C=O) groups is 1. The molecule has 1 saturated heterocycles. The summed E-state index contributed by atoms with van der Waals surface area (Å²) in [5.41, 5.74) is 2.52. The van der Waals surface area contributed by atoms with Gasteiger partial charge in [0.15, 0.2) is 5.76 Å². The largest absolute Gasteiger partial charge is 0.451 e. The second-order valence-corrected chi connectivity index (χ2v) is 12.4. The van der Waals surface area contributed by atoms with E-state index in [0.717, 1.165) is 14.5 Å². The topological polar surface area (TPSA) is 80.1 Å². The molecule has 0 aliphatic carbocycles. The Bertz CT molecular complexity index is 1540. The first-order valence-corrected chi connectivity index (χ1v) is 14.7. The highest BCUT2D eigenvalue weighted by Crippen LogP contribution is 2.33. The minimum Gasteiger partial charge on any atom is -0.451 e. The summed E-state index contributed by atoms with van der Waals surface area (Å²) in [6.07, 6.45) is 0. The number of amides is 1. The number of hydrogen-bond acceptors (Lipinski definition) is 5. The smallest absolute Gasteiger partial charge is 0.290 e. The molecule has 5 rings (SSSR count). The molecule has 1 amide bonds. The highest BCUT2D eigenvalue weighted by atomic mass is 79.9. The molecule has 1 aliphatic rings. The Morgan fingerprint density at radius 1 is 0.946 bits per heavy atom.